The van der Waals surface area contributed by atoms with E-state index in [1.165, 1.54) is 30.6 Å². The molecule has 2 aromatic heterocycles. The summed E-state index contributed by atoms with van der Waals surface area (Å²) in [6, 6.07) is 4.86. The van der Waals surface area contributed by atoms with Crippen LogP contribution in [0.25, 0.3) is 44.3 Å². The van der Waals surface area contributed by atoms with Gasteiger partial charge in [-0.2, -0.15) is 0 Å². The van der Waals surface area contributed by atoms with E-state index in [0.717, 1.165) is 173 Å². The second kappa shape index (κ2) is 19.1. The van der Waals surface area contributed by atoms with Crippen LogP contribution in [0, 0.1) is 11.6 Å². The van der Waals surface area contributed by atoms with E-state index in [1.54, 1.807) is 0 Å². The number of hydrogen-bond acceptors (Lipinski definition) is 6. The first-order valence-corrected chi connectivity index (χ1v) is 45.3. The molecule has 0 saturated carbocycles. The van der Waals surface area contributed by atoms with Crippen molar-refractivity contribution in [2.24, 2.45) is 0 Å². The summed E-state index contributed by atoms with van der Waals surface area (Å²) >= 11 is -3.19. The van der Waals surface area contributed by atoms with Crippen molar-refractivity contribution in [1.29, 1.82) is 0 Å². The monoisotopic (exact) mass is 1070 g/mol. The Morgan fingerprint density at radius 3 is 1.02 bits per heavy atom. The molecule has 0 bridgehead atoms. The Morgan fingerprint density at radius 2 is 0.733 bits per heavy atom. The van der Waals surface area contributed by atoms with E-state index >= 15 is 8.78 Å². The summed E-state index contributed by atoms with van der Waals surface area (Å²) in [6.07, 6.45) is 20.7. The molecule has 4 nitrogen and oxygen atoms in total. The molecule has 2 aliphatic carbocycles. The summed E-state index contributed by atoms with van der Waals surface area (Å²) in [7, 11) is 0. The Bertz CT molecular complexity index is 2130. The molecular weight excluding hydrogens is 996 g/mol. The SMILES string of the molecule is CCCCCCC1(CCCCCC)c2c[c]([Sn]([CH3])([CH3])[CH3])c3nsnc3c2-c2c(F)c3c(c(F)c21)-c1c(c[c]([Sn]([CH3])([CH3])[CH3])c2nsnc12)C3(CCCCCC)CCCCCC. The Morgan fingerprint density at radius 1 is 0.433 bits per heavy atom. The molecule has 0 spiro atoms. The fraction of sp³-hybridized carbons (Fsp3) is 0.640. The normalized spacial score (nSPS) is 15.3. The van der Waals surface area contributed by atoms with Gasteiger partial charge in [-0.3, -0.25) is 0 Å². The van der Waals surface area contributed by atoms with E-state index < -0.39 is 47.6 Å². The topological polar surface area (TPSA) is 51.6 Å². The quantitative estimate of drug-likeness (QED) is 0.0512. The summed E-state index contributed by atoms with van der Waals surface area (Å²) < 4.78 is 61.5. The number of nitrogens with zero attached hydrogens (tertiary/aromatic N) is 4. The molecule has 10 heteroatoms. The minimum absolute atomic E-state index is 0.188. The van der Waals surface area contributed by atoms with Gasteiger partial charge in [0, 0.05) is 0 Å². The van der Waals surface area contributed by atoms with Crippen molar-refractivity contribution in [3.05, 3.63) is 46.0 Å². The van der Waals surface area contributed by atoms with Gasteiger partial charge in [-0.1, -0.05) is 0 Å². The number of fused-ring (bicyclic) bond motifs is 10. The Hall–Kier alpha value is -1.24. The third-order valence-electron chi connectivity index (χ3n) is 14.4. The van der Waals surface area contributed by atoms with Crippen molar-refractivity contribution in [3.63, 3.8) is 0 Å². The summed E-state index contributed by atoms with van der Waals surface area (Å²) in [4.78, 5) is 14.7. The van der Waals surface area contributed by atoms with E-state index in [2.05, 4.69) is 69.5 Å². The van der Waals surface area contributed by atoms with Crippen LogP contribution in [0.3, 0.4) is 0 Å². The summed E-state index contributed by atoms with van der Waals surface area (Å²) in [5, 5.41) is 0. The van der Waals surface area contributed by atoms with E-state index in [4.69, 9.17) is 17.5 Å². The van der Waals surface area contributed by atoms with Gasteiger partial charge in [0.2, 0.25) is 0 Å². The molecule has 0 N–H and O–H groups in total. The number of benzene rings is 3. The van der Waals surface area contributed by atoms with Crippen LogP contribution in [0.15, 0.2) is 12.1 Å². The molecular formula is C50H72F2N4S2Sn2. The average Bonchev–Trinajstić information content (AvgIpc) is 3.99. The molecule has 2 heterocycles. The number of rotatable bonds is 22. The van der Waals surface area contributed by atoms with Gasteiger partial charge in [-0.15, -0.1) is 0 Å². The van der Waals surface area contributed by atoms with E-state index in [-0.39, 0.29) is 11.6 Å². The molecule has 0 fully saturated rings. The zero-order valence-corrected chi connectivity index (χ0v) is 46.0. The summed E-state index contributed by atoms with van der Waals surface area (Å²) in [6.45, 7) is 9.02. The molecule has 0 atom stereocenters. The van der Waals surface area contributed by atoms with Gasteiger partial charge in [0.1, 0.15) is 0 Å². The van der Waals surface area contributed by atoms with Crippen molar-refractivity contribution in [2.75, 3.05) is 0 Å². The van der Waals surface area contributed by atoms with Crippen LogP contribution >= 0.6 is 23.5 Å². The molecule has 0 aliphatic heterocycles. The van der Waals surface area contributed by atoms with E-state index in [9.17, 15) is 0 Å². The number of hydrogen-bond donors (Lipinski definition) is 0. The van der Waals surface area contributed by atoms with Crippen LogP contribution in [0.5, 0.6) is 0 Å². The Labute approximate surface area is 377 Å². The fourth-order valence-corrected chi connectivity index (χ4v) is 21.3. The predicted octanol–water partition coefficient (Wildman–Crippen LogP) is 15.5. The number of aromatic nitrogens is 4. The maximum absolute atomic E-state index is 19.4. The molecule has 3 aromatic carbocycles. The number of halogens is 2. The second-order valence-corrected chi connectivity index (χ2v) is 50.5. The first-order valence-electron chi connectivity index (χ1n) is 23.9. The van der Waals surface area contributed by atoms with Crippen LogP contribution in [0.4, 0.5) is 8.78 Å². The van der Waals surface area contributed by atoms with Crippen LogP contribution in [-0.2, 0) is 10.8 Å². The van der Waals surface area contributed by atoms with E-state index in [1.807, 2.05) is 0 Å². The van der Waals surface area contributed by atoms with Crippen molar-refractivity contribution >= 4 is 89.4 Å². The second-order valence-electron chi connectivity index (χ2n) is 20.7. The number of unbranched alkanes of at least 4 members (excludes halogenated alkanes) is 12. The molecule has 326 valence electrons. The van der Waals surface area contributed by atoms with E-state index in [0.29, 0.717) is 22.3 Å². The molecule has 0 radical (unpaired) electrons. The fourth-order valence-electron chi connectivity index (χ4n) is 11.3. The van der Waals surface area contributed by atoms with Crippen LogP contribution < -0.4 is 7.16 Å². The van der Waals surface area contributed by atoms with Crippen molar-refractivity contribution in [1.82, 2.24) is 17.5 Å². The zero-order chi connectivity index (χ0) is 43.0. The van der Waals surface area contributed by atoms with Crippen LogP contribution in [0.1, 0.15) is 178 Å². The first kappa shape index (κ1) is 46.7. The van der Waals surface area contributed by atoms with Crippen molar-refractivity contribution < 1.29 is 8.78 Å². The molecule has 60 heavy (non-hydrogen) atoms. The van der Waals surface area contributed by atoms with Gasteiger partial charge < -0.3 is 0 Å². The van der Waals surface area contributed by atoms with Crippen molar-refractivity contribution in [2.45, 2.75) is 197 Å². The predicted molar refractivity (Wildman–Crippen MR) is 262 cm³/mol. The van der Waals surface area contributed by atoms with Gasteiger partial charge in [0.05, 0.1) is 0 Å². The van der Waals surface area contributed by atoms with Crippen molar-refractivity contribution in [3.8, 4) is 22.3 Å². The third-order valence-corrected chi connectivity index (χ3v) is 26.8. The van der Waals surface area contributed by atoms with Gasteiger partial charge in [0.15, 0.2) is 0 Å². The molecule has 5 aromatic rings. The van der Waals surface area contributed by atoms with Crippen LogP contribution in [-0.4, -0.2) is 54.2 Å². The zero-order valence-electron chi connectivity index (χ0n) is 38.7. The van der Waals surface area contributed by atoms with Crippen LogP contribution in [0.2, 0.25) is 29.6 Å². The third kappa shape index (κ3) is 8.19. The Balaban J connectivity index is 1.64. The molecule has 2 aliphatic rings. The standard InChI is InChI=1S/C44H54F2N4S2.6CH3.2Sn/c1-5-9-13-17-25-43(26-18-14-10-6-2)29-21-23-31-41(49-51-47-31)33(29)35-37(43)39(45)36-34-30(22-24-32-42(34)50-52-48-32)44(38(36)40(35)46,27-19-15-11-7-3)28-20-16-12-8-4;;;;;;;;/h21-22H,5-20,25-28H2,1-4H3;6*1H3;;. The first-order chi connectivity index (χ1) is 28.7. The molecule has 7 rings (SSSR count). The molecule has 0 amide bonds. The maximum atomic E-state index is 19.4. The molecule has 0 unspecified atom stereocenters. The summed E-state index contributed by atoms with van der Waals surface area (Å²) in [5.41, 5.74) is 8.46. The molecule has 0 saturated heterocycles. The summed E-state index contributed by atoms with van der Waals surface area (Å²) in [5.74, 6) is -0.375. The average molecular weight is 1070 g/mol. The van der Waals surface area contributed by atoms with Gasteiger partial charge in [-0.25, -0.2) is 0 Å². The minimum atomic E-state index is -2.84. The van der Waals surface area contributed by atoms with Gasteiger partial charge in [-0.05, 0) is 0 Å². The van der Waals surface area contributed by atoms with Gasteiger partial charge in [0.25, 0.3) is 0 Å². The Kier molecular flexibility index (Phi) is 14.9. The van der Waals surface area contributed by atoms with Gasteiger partial charge >= 0.3 is 381 Å².